The summed E-state index contributed by atoms with van der Waals surface area (Å²) in [6.45, 7) is 8.49. The van der Waals surface area contributed by atoms with Gasteiger partial charge in [-0.15, -0.1) is 0 Å². The molecule has 6 bridgehead atoms. The summed E-state index contributed by atoms with van der Waals surface area (Å²) in [5.74, 6) is -0.914. The van der Waals surface area contributed by atoms with Gasteiger partial charge in [0.1, 0.15) is 0 Å². The molecule has 13 nitrogen and oxygen atoms in total. The predicted molar refractivity (Wildman–Crippen MR) is 206 cm³/mol. The number of aliphatic hydroxyl groups is 2. The fourth-order valence-corrected chi connectivity index (χ4v) is 6.62. The zero-order valence-electron chi connectivity index (χ0n) is 30.8. The quantitative estimate of drug-likeness (QED) is 0.117. The van der Waals surface area contributed by atoms with Crippen molar-refractivity contribution in [3.8, 4) is 11.5 Å². The van der Waals surface area contributed by atoms with E-state index in [1.54, 1.807) is 18.3 Å². The molecule has 13 heteroatoms. The Morgan fingerprint density at radius 2 is 1.28 bits per heavy atom. The average Bonchev–Trinajstić information content (AvgIpc) is 3.73. The Morgan fingerprint density at radius 1 is 0.717 bits per heavy atom. The summed E-state index contributed by atoms with van der Waals surface area (Å²) in [4.78, 5) is 37.0. The molecule has 2 aromatic rings. The Labute approximate surface area is 308 Å². The molecule has 5 rings (SSSR count). The fourth-order valence-electron chi connectivity index (χ4n) is 6.62. The van der Waals surface area contributed by atoms with Crippen molar-refractivity contribution in [3.05, 3.63) is 79.9 Å². The number of H-pyrrole nitrogens is 1. The zero-order chi connectivity index (χ0) is 38.1. The highest BCUT2D eigenvalue weighted by Crippen LogP contribution is 2.39. The van der Waals surface area contributed by atoms with Crippen LogP contribution < -0.4 is 30.8 Å². The first kappa shape index (κ1) is 38.8. The first-order valence-corrected chi connectivity index (χ1v) is 18.1. The van der Waals surface area contributed by atoms with Crippen molar-refractivity contribution < 1.29 is 39.5 Å². The van der Waals surface area contributed by atoms with E-state index in [2.05, 4.69) is 29.5 Å². The molecule has 0 saturated carbocycles. The molecule has 0 amide bonds. The number of ether oxygens (including phenoxy) is 2. The molecule has 0 spiro atoms. The smallest absolute Gasteiger partial charge is 0.303 e. The molecule has 0 unspecified atom stereocenters. The zero-order valence-corrected chi connectivity index (χ0v) is 30.8. The Hall–Kier alpha value is -5.40. The van der Waals surface area contributed by atoms with E-state index in [-0.39, 0.29) is 45.7 Å². The Kier molecular flexibility index (Phi) is 13.1. The molecule has 3 aliphatic heterocycles. The number of carbonyl (C=O) groups is 2. The van der Waals surface area contributed by atoms with Crippen molar-refractivity contribution in [1.29, 1.82) is 0 Å². The van der Waals surface area contributed by atoms with Gasteiger partial charge in [0.25, 0.3) is 0 Å². The molecule has 53 heavy (non-hydrogen) atoms. The van der Waals surface area contributed by atoms with Crippen molar-refractivity contribution in [2.75, 3.05) is 37.1 Å². The van der Waals surface area contributed by atoms with Gasteiger partial charge in [0, 0.05) is 68.8 Å². The van der Waals surface area contributed by atoms with Crippen molar-refractivity contribution in [3.63, 3.8) is 0 Å². The number of aliphatic carboxylic acids is 2. The number of hydrogen-bond acceptors (Lipinski definition) is 10. The molecule has 7 N–H and O–H groups in total. The molecule has 282 valence electrons. The van der Waals surface area contributed by atoms with Gasteiger partial charge in [-0.05, 0) is 85.1 Å². The first-order valence-electron chi connectivity index (χ1n) is 18.1. The highest BCUT2D eigenvalue weighted by Gasteiger charge is 2.25. The van der Waals surface area contributed by atoms with Crippen LogP contribution in [0, 0.1) is 6.92 Å². The van der Waals surface area contributed by atoms with Crippen LogP contribution in [-0.2, 0) is 16.0 Å². The van der Waals surface area contributed by atoms with Crippen molar-refractivity contribution in [1.82, 2.24) is 4.98 Å². The number of nitrogens with one attached hydrogen (secondary N) is 3. The second-order valence-electron chi connectivity index (χ2n) is 12.9. The van der Waals surface area contributed by atoms with E-state index in [0.29, 0.717) is 53.5 Å². The summed E-state index contributed by atoms with van der Waals surface area (Å²) >= 11 is 0. The van der Waals surface area contributed by atoms with Gasteiger partial charge in [0.2, 0.25) is 0 Å². The minimum Gasteiger partial charge on any atom is -0.490 e. The third-order valence-electron chi connectivity index (χ3n) is 9.44. The third-order valence-corrected chi connectivity index (χ3v) is 9.44. The number of aromatic amines is 1. The van der Waals surface area contributed by atoms with Crippen LogP contribution in [0.1, 0.15) is 76.8 Å². The molecular weight excluding hydrogens is 678 g/mol. The van der Waals surface area contributed by atoms with Gasteiger partial charge in [0.15, 0.2) is 11.5 Å². The molecule has 0 aliphatic carbocycles. The third kappa shape index (κ3) is 9.16. The molecule has 0 atom stereocenters. The first-order chi connectivity index (χ1) is 25.6. The summed E-state index contributed by atoms with van der Waals surface area (Å²) in [7, 11) is 0. The standard InChI is InChI=1S/C40H49N5O8/c1-5-25-26(6-2)30-18-32-28(10-12-40(50)51)24(4)36(45-32)22-42-34-20-38(53-16-8-14-47)37(52-15-7-13-46)19-33(34)41-21-35-23(3)27(9-11-39(48)49)31(44-35)17-29(25)43-30/h17-22,41-42,44,46-47H,5-16H2,1-4H3,(H,48,49)(H,50,51). The molecule has 0 fully saturated rings. The number of aliphatic hydroxyl groups excluding tert-OH is 2. The van der Waals surface area contributed by atoms with Gasteiger partial charge >= 0.3 is 11.9 Å². The van der Waals surface area contributed by atoms with Crippen LogP contribution in [0.15, 0.2) is 68.1 Å². The number of allylic oxidation sites excluding steroid dienone is 5. The van der Waals surface area contributed by atoms with Crippen LogP contribution in [0.5, 0.6) is 11.5 Å². The fraction of sp³-hybridized carbons (Fsp3) is 0.400. The topological polar surface area (TPSA) is 198 Å². The van der Waals surface area contributed by atoms with Crippen LogP contribution in [0.4, 0.5) is 11.4 Å². The van der Waals surface area contributed by atoms with E-state index in [1.165, 1.54) is 0 Å². The number of fused-ring (bicyclic) bond motifs is 5. The van der Waals surface area contributed by atoms with Gasteiger partial charge < -0.3 is 45.5 Å². The van der Waals surface area contributed by atoms with E-state index in [0.717, 1.165) is 68.4 Å². The predicted octanol–water partition coefficient (Wildman–Crippen LogP) is 4.85. The molecule has 0 radical (unpaired) electrons. The lowest BCUT2D eigenvalue weighted by atomic mass is 9.96. The Morgan fingerprint density at radius 3 is 1.87 bits per heavy atom. The van der Waals surface area contributed by atoms with Crippen molar-refractivity contribution >= 4 is 47.0 Å². The van der Waals surface area contributed by atoms with E-state index >= 15 is 0 Å². The molecule has 1 aromatic carbocycles. The summed E-state index contributed by atoms with van der Waals surface area (Å²) in [6.07, 6.45) is 10.3. The van der Waals surface area contributed by atoms with Gasteiger partial charge in [-0.3, -0.25) is 9.59 Å². The molecule has 1 aromatic heterocycles. The highest BCUT2D eigenvalue weighted by atomic mass is 16.5. The number of hydrogen-bond donors (Lipinski definition) is 7. The number of aliphatic imine (C=N–C) groups is 2. The normalized spacial score (nSPS) is 15.2. The van der Waals surface area contributed by atoms with Crippen LogP contribution in [0.3, 0.4) is 0 Å². The molecule has 4 heterocycles. The van der Waals surface area contributed by atoms with E-state index < -0.39 is 11.9 Å². The number of carboxylic acid groups (broad SMARTS) is 2. The number of benzene rings is 1. The number of rotatable bonds is 16. The monoisotopic (exact) mass is 727 g/mol. The summed E-state index contributed by atoms with van der Waals surface area (Å²) < 4.78 is 12.1. The molecule has 0 saturated heterocycles. The van der Waals surface area contributed by atoms with Crippen LogP contribution >= 0.6 is 0 Å². The average molecular weight is 728 g/mol. The lowest BCUT2D eigenvalue weighted by molar-refractivity contribution is -0.137. The Bertz CT molecular complexity index is 2060. The van der Waals surface area contributed by atoms with Gasteiger partial charge in [0.05, 0.1) is 52.8 Å². The van der Waals surface area contributed by atoms with Crippen LogP contribution in [-0.4, -0.2) is 75.2 Å². The van der Waals surface area contributed by atoms with Crippen LogP contribution in [0.25, 0.3) is 12.3 Å². The highest BCUT2D eigenvalue weighted by molar-refractivity contribution is 6.24. The lowest BCUT2D eigenvalue weighted by Crippen LogP contribution is -2.16. The summed E-state index contributed by atoms with van der Waals surface area (Å²) in [5, 5.41) is 46.3. The summed E-state index contributed by atoms with van der Waals surface area (Å²) in [6, 6.07) is 3.58. The SMILES string of the molecule is CCC1=C(CC)C2=NC1=CC1=NC(=CNc3cc(OCCCO)c(OCCCO)cc3NC=c3[nH]c(c(CCC(=O)O)c3C)=C2)C(C)=C1CCC(=O)O. The molecular formula is C40H49N5O8. The second kappa shape index (κ2) is 17.9. The lowest BCUT2D eigenvalue weighted by Gasteiger charge is -2.18. The Balaban J connectivity index is 1.76. The van der Waals surface area contributed by atoms with Crippen molar-refractivity contribution in [2.45, 2.75) is 79.1 Å². The maximum absolute atomic E-state index is 11.7. The largest absolute Gasteiger partial charge is 0.490 e. The summed E-state index contributed by atoms with van der Waals surface area (Å²) in [5.41, 5.74) is 9.68. The number of aromatic nitrogens is 1. The maximum atomic E-state index is 11.7. The van der Waals surface area contributed by atoms with E-state index in [9.17, 15) is 30.0 Å². The van der Waals surface area contributed by atoms with Gasteiger partial charge in [-0.1, -0.05) is 13.8 Å². The minimum absolute atomic E-state index is 0.0370. The van der Waals surface area contributed by atoms with Gasteiger partial charge in [-0.25, -0.2) is 9.98 Å². The van der Waals surface area contributed by atoms with Gasteiger partial charge in [-0.2, -0.15) is 0 Å². The second-order valence-corrected chi connectivity index (χ2v) is 12.9. The van der Waals surface area contributed by atoms with Crippen molar-refractivity contribution in [2.24, 2.45) is 9.98 Å². The minimum atomic E-state index is -0.901. The van der Waals surface area contributed by atoms with E-state index in [4.69, 9.17) is 19.5 Å². The van der Waals surface area contributed by atoms with E-state index in [1.807, 2.05) is 32.2 Å². The molecule has 3 aliphatic rings. The maximum Gasteiger partial charge on any atom is 0.303 e. The number of carboxylic acids is 2. The number of nitrogens with zero attached hydrogens (tertiary/aromatic N) is 2. The number of anilines is 2. The van der Waals surface area contributed by atoms with Crippen LogP contribution in [0.2, 0.25) is 0 Å².